The molecule has 0 rings (SSSR count). The molecule has 0 bridgehead atoms. The van der Waals surface area contributed by atoms with E-state index in [1.165, 1.54) is 10.8 Å². The normalized spacial score (nSPS) is 12.4. The lowest BCUT2D eigenvalue weighted by atomic mass is 10.2. The molecule has 0 fully saturated rings. The van der Waals surface area contributed by atoms with E-state index in [1.807, 2.05) is 20.8 Å². The van der Waals surface area contributed by atoms with Crippen molar-refractivity contribution >= 4 is 39.7 Å². The fourth-order valence-electron chi connectivity index (χ4n) is 0.770. The molecule has 8 heteroatoms. The zero-order chi connectivity index (χ0) is 13.5. The molecule has 6 nitrogen and oxygen atoms in total. The molecule has 0 aromatic heterocycles. The summed E-state index contributed by atoms with van der Waals surface area (Å²) in [5.74, 6) is -0.295. The Morgan fingerprint density at radius 1 is 1.53 bits per heavy atom. The van der Waals surface area contributed by atoms with E-state index in [4.69, 9.17) is 10.6 Å². The van der Waals surface area contributed by atoms with Crippen molar-refractivity contribution in [3.05, 3.63) is 5.53 Å². The van der Waals surface area contributed by atoms with Crippen LogP contribution < -0.4 is 5.32 Å². The van der Waals surface area contributed by atoms with Crippen LogP contribution >= 0.6 is 21.6 Å². The lowest BCUT2D eigenvalue weighted by Gasteiger charge is -2.18. The smallest absolute Gasteiger partial charge is 0.405 e. The molecule has 2 N–H and O–H groups in total. The van der Waals surface area contributed by atoms with Crippen LogP contribution in [0.15, 0.2) is 0 Å². The van der Waals surface area contributed by atoms with Crippen LogP contribution in [-0.4, -0.2) is 44.5 Å². The van der Waals surface area contributed by atoms with E-state index >= 15 is 0 Å². The fraction of sp³-hybridized carbons (Fsp3) is 0.667. The van der Waals surface area contributed by atoms with Crippen molar-refractivity contribution in [3.8, 4) is 0 Å². The second-order valence-electron chi connectivity index (χ2n) is 4.13. The Balaban J connectivity index is 4.34. The van der Waals surface area contributed by atoms with Gasteiger partial charge >= 0.3 is 12.3 Å². The molecule has 1 atom stereocenters. The number of carbonyl (C=O) groups excluding carboxylic acids is 1. The topological polar surface area (TPSA) is 103 Å². The van der Waals surface area contributed by atoms with Crippen LogP contribution in [0.3, 0.4) is 0 Å². The zero-order valence-electron chi connectivity index (χ0n) is 9.84. The van der Waals surface area contributed by atoms with E-state index in [0.29, 0.717) is 6.21 Å². The van der Waals surface area contributed by atoms with E-state index in [9.17, 15) is 9.59 Å². The maximum Gasteiger partial charge on any atom is 0.405 e. The summed E-state index contributed by atoms with van der Waals surface area (Å²) in [5.41, 5.74) is 8.24. The Bertz CT molecular complexity index is 335. The number of ketones is 1. The molecular weight excluding hydrogens is 262 g/mol. The third kappa shape index (κ3) is 8.79. The number of amides is 1. The Morgan fingerprint density at radius 3 is 2.53 bits per heavy atom. The van der Waals surface area contributed by atoms with Gasteiger partial charge in [-0.25, -0.2) is 4.79 Å². The first-order valence-corrected chi connectivity index (χ1v) is 7.09. The van der Waals surface area contributed by atoms with Crippen LogP contribution in [0.4, 0.5) is 4.79 Å². The molecule has 96 valence electrons. The number of hydrogen-bond acceptors (Lipinski definition) is 4. The van der Waals surface area contributed by atoms with Crippen molar-refractivity contribution in [1.82, 2.24) is 5.32 Å². The first kappa shape index (κ1) is 16.0. The van der Waals surface area contributed by atoms with E-state index < -0.39 is 17.9 Å². The van der Waals surface area contributed by atoms with Gasteiger partial charge in [0.1, 0.15) is 6.04 Å². The lowest BCUT2D eigenvalue weighted by molar-refractivity contribution is -0.117. The standard InChI is InChI=1S/C9H15N3O3S2/c1-9(2,3)17-16-5-6(12-8(14)15)7(13)4-11-10/h4,6,12H,5H2,1-3H3,(H,14,15)/t6-/m0/s1. The van der Waals surface area contributed by atoms with E-state index in [2.05, 4.69) is 10.1 Å². The van der Waals surface area contributed by atoms with Gasteiger partial charge in [0.05, 0.1) is 0 Å². The molecular formula is C9H15N3O3S2. The van der Waals surface area contributed by atoms with Crippen molar-refractivity contribution in [2.75, 3.05) is 5.75 Å². The Kier molecular flexibility index (Phi) is 6.94. The third-order valence-electron chi connectivity index (χ3n) is 1.37. The van der Waals surface area contributed by atoms with Crippen molar-refractivity contribution < 1.29 is 19.5 Å². The van der Waals surface area contributed by atoms with Gasteiger partial charge in [0.15, 0.2) is 0 Å². The first-order valence-electron chi connectivity index (χ1n) is 4.77. The first-order chi connectivity index (χ1) is 7.76. The highest BCUT2D eigenvalue weighted by Crippen LogP contribution is 2.35. The minimum atomic E-state index is -1.28. The van der Waals surface area contributed by atoms with E-state index in [-0.39, 0.29) is 10.5 Å². The maximum absolute atomic E-state index is 11.4. The van der Waals surface area contributed by atoms with Crippen molar-refractivity contribution in [2.45, 2.75) is 31.6 Å². The van der Waals surface area contributed by atoms with Crippen molar-refractivity contribution in [3.63, 3.8) is 0 Å². The molecule has 0 saturated carbocycles. The van der Waals surface area contributed by atoms with Gasteiger partial charge in [-0.1, -0.05) is 42.4 Å². The SMILES string of the molecule is CC(C)(C)SSC[C@H](NC(=O)O)C(=O)C=[N+]=[N-]. The molecule has 0 saturated heterocycles. The molecule has 0 aromatic carbocycles. The second kappa shape index (κ2) is 7.37. The molecule has 0 unspecified atom stereocenters. The monoisotopic (exact) mass is 277 g/mol. The van der Waals surface area contributed by atoms with Gasteiger partial charge in [0.2, 0.25) is 0 Å². The second-order valence-corrected chi connectivity index (χ2v) is 7.30. The third-order valence-corrected chi connectivity index (χ3v) is 4.72. The average Bonchev–Trinajstić information content (AvgIpc) is 2.14. The molecule has 0 aliphatic heterocycles. The summed E-state index contributed by atoms with van der Waals surface area (Å²) < 4.78 is 0.0204. The molecule has 17 heavy (non-hydrogen) atoms. The van der Waals surface area contributed by atoms with Gasteiger partial charge in [0, 0.05) is 10.5 Å². The largest absolute Gasteiger partial charge is 0.465 e. The van der Waals surface area contributed by atoms with E-state index in [1.54, 1.807) is 10.8 Å². The Morgan fingerprint density at radius 2 is 2.12 bits per heavy atom. The van der Waals surface area contributed by atoms with E-state index in [0.717, 1.165) is 0 Å². The fourth-order valence-corrected chi connectivity index (χ4v) is 3.25. The quantitative estimate of drug-likeness (QED) is 0.333. The Hall–Kier alpha value is -0.980. The Labute approximate surface area is 108 Å². The summed E-state index contributed by atoms with van der Waals surface area (Å²) in [6, 6.07) is -0.900. The molecule has 0 spiro atoms. The number of carboxylic acid groups (broad SMARTS) is 1. The maximum atomic E-state index is 11.4. The minimum absolute atomic E-state index is 0.0204. The summed E-state index contributed by atoms with van der Waals surface area (Å²) in [4.78, 5) is 24.5. The lowest BCUT2D eigenvalue weighted by Crippen LogP contribution is -2.42. The number of nitrogens with one attached hydrogen (secondary N) is 1. The average molecular weight is 277 g/mol. The number of carbonyl (C=O) groups is 2. The van der Waals surface area contributed by atoms with Gasteiger partial charge in [0.25, 0.3) is 5.78 Å². The van der Waals surface area contributed by atoms with Crippen LogP contribution in [0, 0.1) is 0 Å². The molecule has 1 amide bonds. The van der Waals surface area contributed by atoms with Crippen molar-refractivity contribution in [1.29, 1.82) is 0 Å². The summed E-state index contributed by atoms with van der Waals surface area (Å²) in [6.45, 7) is 6.05. The number of rotatable bonds is 6. The van der Waals surface area contributed by atoms with Crippen LogP contribution in [0.5, 0.6) is 0 Å². The predicted octanol–water partition coefficient (Wildman–Crippen LogP) is 1.67. The summed E-state index contributed by atoms with van der Waals surface area (Å²) in [5, 5.41) is 10.7. The minimum Gasteiger partial charge on any atom is -0.465 e. The highest BCUT2D eigenvalue weighted by atomic mass is 33.1. The summed E-state index contributed by atoms with van der Waals surface area (Å²) in [6.07, 6.45) is -0.584. The van der Waals surface area contributed by atoms with Gasteiger partial charge in [-0.15, -0.1) is 0 Å². The van der Waals surface area contributed by atoms with Gasteiger partial charge in [-0.2, -0.15) is 4.79 Å². The van der Waals surface area contributed by atoms with Crippen LogP contribution in [0.25, 0.3) is 5.53 Å². The van der Waals surface area contributed by atoms with Gasteiger partial charge in [-0.05, 0) is 0 Å². The highest BCUT2D eigenvalue weighted by Gasteiger charge is 2.23. The van der Waals surface area contributed by atoms with Gasteiger partial charge < -0.3 is 16.0 Å². The molecule has 0 aromatic rings. The zero-order valence-corrected chi connectivity index (χ0v) is 11.5. The van der Waals surface area contributed by atoms with Crippen LogP contribution in [0.2, 0.25) is 0 Å². The number of hydrogen-bond donors (Lipinski definition) is 2. The highest BCUT2D eigenvalue weighted by molar-refractivity contribution is 8.77. The molecule has 0 aliphatic rings. The summed E-state index contributed by atoms with van der Waals surface area (Å²) in [7, 11) is 2.94. The van der Waals surface area contributed by atoms with Gasteiger partial charge in [-0.3, -0.25) is 4.79 Å². The predicted molar refractivity (Wildman–Crippen MR) is 69.4 cm³/mol. The molecule has 0 radical (unpaired) electrons. The summed E-state index contributed by atoms with van der Waals surface area (Å²) >= 11 is 0. The van der Waals surface area contributed by atoms with Crippen LogP contribution in [-0.2, 0) is 4.79 Å². The van der Waals surface area contributed by atoms with Crippen LogP contribution in [0.1, 0.15) is 20.8 Å². The number of Topliss-reactive ketones (excluding diaryl/α,β-unsaturated/α-hetero) is 1. The van der Waals surface area contributed by atoms with Crippen molar-refractivity contribution in [2.24, 2.45) is 0 Å². The number of nitrogens with zero attached hydrogens (tertiary/aromatic N) is 2. The molecule has 0 aliphatic carbocycles. The molecule has 0 heterocycles.